The third-order valence-electron chi connectivity index (χ3n) is 3.90. The summed E-state index contributed by atoms with van der Waals surface area (Å²) in [6.45, 7) is -0.158. The number of ketones is 1. The molecule has 0 fully saturated rings. The topological polar surface area (TPSA) is 97.6 Å². The summed E-state index contributed by atoms with van der Waals surface area (Å²) in [6.07, 6.45) is -0.230. The van der Waals surface area contributed by atoms with Gasteiger partial charge in [0, 0.05) is 24.1 Å². The van der Waals surface area contributed by atoms with Gasteiger partial charge < -0.3 is 0 Å². The molecule has 0 aromatic heterocycles. The lowest BCUT2D eigenvalue weighted by Gasteiger charge is -2.13. The van der Waals surface area contributed by atoms with Gasteiger partial charge in [-0.2, -0.15) is 0 Å². The van der Waals surface area contributed by atoms with Crippen molar-refractivity contribution >= 4 is 34.9 Å². The molecule has 0 saturated heterocycles. The first kappa shape index (κ1) is 16.8. The van der Waals surface area contributed by atoms with Gasteiger partial charge in [-0.1, -0.05) is 23.7 Å². The number of halogens is 1. The van der Waals surface area contributed by atoms with E-state index in [1.54, 1.807) is 24.3 Å². The van der Waals surface area contributed by atoms with Crippen LogP contribution in [-0.2, 0) is 0 Å². The monoisotopic (exact) mass is 358 g/mol. The summed E-state index contributed by atoms with van der Waals surface area (Å²) < 4.78 is 0. The van der Waals surface area contributed by atoms with Crippen LogP contribution in [0.4, 0.5) is 5.69 Å². The lowest BCUT2D eigenvalue weighted by Crippen LogP contribution is -2.32. The minimum Gasteiger partial charge on any atom is -0.294 e. The molecule has 7 nitrogen and oxygen atoms in total. The lowest BCUT2D eigenvalue weighted by atomic mass is 10.1. The highest BCUT2D eigenvalue weighted by atomic mass is 35.5. The predicted octanol–water partition coefficient (Wildman–Crippen LogP) is 3.12. The van der Waals surface area contributed by atoms with Crippen molar-refractivity contribution in [3.05, 3.63) is 74.3 Å². The second kappa shape index (κ2) is 6.45. The van der Waals surface area contributed by atoms with E-state index in [9.17, 15) is 24.5 Å². The van der Waals surface area contributed by atoms with Crippen LogP contribution in [0.5, 0.6) is 0 Å². The molecule has 0 unspecified atom stereocenters. The van der Waals surface area contributed by atoms with Crippen LogP contribution in [0.15, 0.2) is 42.5 Å². The molecular formula is C17H11ClN2O5. The summed E-state index contributed by atoms with van der Waals surface area (Å²) in [7, 11) is 0. The summed E-state index contributed by atoms with van der Waals surface area (Å²) in [5.74, 6) is -1.52. The van der Waals surface area contributed by atoms with Gasteiger partial charge >= 0.3 is 0 Å². The largest absolute Gasteiger partial charge is 0.294 e. The number of carbonyl (C=O) groups excluding carboxylic acids is 3. The molecule has 3 rings (SSSR count). The molecule has 1 aliphatic heterocycles. The van der Waals surface area contributed by atoms with Crippen LogP contribution in [-0.4, -0.2) is 34.0 Å². The quantitative estimate of drug-likeness (QED) is 0.354. The Kier molecular flexibility index (Phi) is 4.33. The molecule has 0 saturated carbocycles. The Morgan fingerprint density at radius 1 is 1.08 bits per heavy atom. The molecule has 0 spiro atoms. The fraction of sp³-hybridized carbons (Fsp3) is 0.118. The Hall–Kier alpha value is -3.06. The van der Waals surface area contributed by atoms with Crippen LogP contribution in [0.2, 0.25) is 5.02 Å². The van der Waals surface area contributed by atoms with Crippen LogP contribution in [0.1, 0.15) is 37.5 Å². The maximum Gasteiger partial charge on any atom is 0.280 e. The first-order valence-corrected chi connectivity index (χ1v) is 7.70. The van der Waals surface area contributed by atoms with Gasteiger partial charge in [0.15, 0.2) is 5.78 Å². The van der Waals surface area contributed by atoms with E-state index in [0.29, 0.717) is 0 Å². The van der Waals surface area contributed by atoms with Crippen molar-refractivity contribution in [1.29, 1.82) is 0 Å². The van der Waals surface area contributed by atoms with Gasteiger partial charge in [0.25, 0.3) is 17.5 Å². The number of hydrogen-bond acceptors (Lipinski definition) is 5. The Bertz CT molecular complexity index is 890. The molecular weight excluding hydrogens is 348 g/mol. The summed E-state index contributed by atoms with van der Waals surface area (Å²) in [6, 6.07) is 10.1. The predicted molar refractivity (Wildman–Crippen MR) is 88.9 cm³/mol. The van der Waals surface area contributed by atoms with E-state index < -0.39 is 22.5 Å². The molecule has 2 aromatic carbocycles. The molecule has 1 heterocycles. The third kappa shape index (κ3) is 3.01. The SMILES string of the molecule is O=C(CCN1C(=O)c2ccccc2C1=O)c1cc(Cl)ccc1[N+](=O)[O-]. The highest BCUT2D eigenvalue weighted by Gasteiger charge is 2.35. The van der Waals surface area contributed by atoms with Crippen LogP contribution in [0.3, 0.4) is 0 Å². The fourth-order valence-electron chi connectivity index (χ4n) is 2.68. The number of nitrogens with zero attached hydrogens (tertiary/aromatic N) is 2. The lowest BCUT2D eigenvalue weighted by molar-refractivity contribution is -0.385. The van der Waals surface area contributed by atoms with E-state index in [4.69, 9.17) is 11.6 Å². The normalized spacial score (nSPS) is 13.1. The molecule has 2 aromatic rings. The van der Waals surface area contributed by atoms with E-state index in [1.807, 2.05) is 0 Å². The molecule has 126 valence electrons. The smallest absolute Gasteiger partial charge is 0.280 e. The highest BCUT2D eigenvalue weighted by molar-refractivity contribution is 6.31. The van der Waals surface area contributed by atoms with Crippen molar-refractivity contribution in [2.45, 2.75) is 6.42 Å². The molecule has 0 radical (unpaired) electrons. The van der Waals surface area contributed by atoms with Crippen LogP contribution in [0, 0.1) is 10.1 Å². The number of imide groups is 1. The van der Waals surface area contributed by atoms with Gasteiger partial charge in [-0.3, -0.25) is 29.4 Å². The number of hydrogen-bond donors (Lipinski definition) is 0. The molecule has 0 bridgehead atoms. The number of benzene rings is 2. The van der Waals surface area contributed by atoms with Crippen molar-refractivity contribution in [3.8, 4) is 0 Å². The van der Waals surface area contributed by atoms with Crippen molar-refractivity contribution in [3.63, 3.8) is 0 Å². The minimum atomic E-state index is -0.675. The molecule has 1 aliphatic rings. The van der Waals surface area contributed by atoms with E-state index >= 15 is 0 Å². The average Bonchev–Trinajstić information content (AvgIpc) is 2.84. The second-order valence-corrected chi connectivity index (χ2v) is 5.84. The van der Waals surface area contributed by atoms with E-state index in [-0.39, 0.29) is 40.4 Å². The number of carbonyl (C=O) groups is 3. The standard InChI is InChI=1S/C17H11ClN2O5/c18-10-5-6-14(20(24)25)13(9-10)15(21)7-8-19-16(22)11-3-1-2-4-12(11)17(19)23/h1-6,9H,7-8H2. The zero-order valence-electron chi connectivity index (χ0n) is 12.8. The van der Waals surface area contributed by atoms with Crippen molar-refractivity contribution in [1.82, 2.24) is 4.90 Å². The third-order valence-corrected chi connectivity index (χ3v) is 4.13. The number of rotatable bonds is 5. The molecule has 8 heteroatoms. The van der Waals surface area contributed by atoms with Gasteiger partial charge in [-0.15, -0.1) is 0 Å². The molecule has 2 amide bonds. The van der Waals surface area contributed by atoms with Crippen molar-refractivity contribution < 1.29 is 19.3 Å². The van der Waals surface area contributed by atoms with E-state index in [0.717, 1.165) is 11.0 Å². The number of amides is 2. The van der Waals surface area contributed by atoms with E-state index in [2.05, 4.69) is 0 Å². The van der Waals surface area contributed by atoms with Crippen molar-refractivity contribution in [2.75, 3.05) is 6.54 Å². The number of nitro benzene ring substituents is 1. The van der Waals surface area contributed by atoms with Gasteiger partial charge in [0.1, 0.15) is 0 Å². The van der Waals surface area contributed by atoms with Crippen LogP contribution >= 0.6 is 11.6 Å². The molecule has 0 N–H and O–H groups in total. The number of fused-ring (bicyclic) bond motifs is 1. The average molecular weight is 359 g/mol. The maximum atomic E-state index is 12.4. The van der Waals surface area contributed by atoms with Gasteiger partial charge in [0.05, 0.1) is 21.6 Å². The maximum absolute atomic E-state index is 12.4. The van der Waals surface area contributed by atoms with Crippen LogP contribution in [0.25, 0.3) is 0 Å². The first-order valence-electron chi connectivity index (χ1n) is 7.32. The second-order valence-electron chi connectivity index (χ2n) is 5.40. The zero-order chi connectivity index (χ0) is 18.1. The van der Waals surface area contributed by atoms with Gasteiger partial charge in [-0.25, -0.2) is 0 Å². The molecule has 0 aliphatic carbocycles. The Morgan fingerprint density at radius 3 is 2.24 bits per heavy atom. The fourth-order valence-corrected chi connectivity index (χ4v) is 2.85. The first-order chi connectivity index (χ1) is 11.9. The van der Waals surface area contributed by atoms with Crippen LogP contribution < -0.4 is 0 Å². The summed E-state index contributed by atoms with van der Waals surface area (Å²) >= 11 is 5.81. The summed E-state index contributed by atoms with van der Waals surface area (Å²) in [4.78, 5) is 48.2. The zero-order valence-corrected chi connectivity index (χ0v) is 13.5. The van der Waals surface area contributed by atoms with E-state index in [1.165, 1.54) is 12.1 Å². The van der Waals surface area contributed by atoms with Gasteiger partial charge in [-0.05, 0) is 24.3 Å². The Balaban J connectivity index is 1.78. The number of Topliss-reactive ketones (excluding diaryl/α,β-unsaturated/α-hetero) is 1. The summed E-state index contributed by atoms with van der Waals surface area (Å²) in [5.41, 5.74) is 0.0632. The van der Waals surface area contributed by atoms with Gasteiger partial charge in [0.2, 0.25) is 0 Å². The molecule has 0 atom stereocenters. The minimum absolute atomic E-state index is 0.144. The Morgan fingerprint density at radius 2 is 1.68 bits per heavy atom. The summed E-state index contributed by atoms with van der Waals surface area (Å²) in [5, 5.41) is 11.2. The molecule has 25 heavy (non-hydrogen) atoms. The Labute approximate surface area is 147 Å². The highest BCUT2D eigenvalue weighted by Crippen LogP contribution is 2.26. The van der Waals surface area contributed by atoms with Crippen molar-refractivity contribution in [2.24, 2.45) is 0 Å². The number of nitro groups is 1.